The first-order chi connectivity index (χ1) is 21.8. The second-order valence-corrected chi connectivity index (χ2v) is 11.1. The van der Waals surface area contributed by atoms with Crippen LogP contribution < -0.4 is 24.8 Å². The minimum absolute atomic E-state index is 0.00528. The minimum atomic E-state index is -0.582. The molecular formula is C32H33Cl2FN6O4. The normalized spacial score (nSPS) is 13.7. The third kappa shape index (κ3) is 8.52. The van der Waals surface area contributed by atoms with Gasteiger partial charge in [-0.15, -0.1) is 0 Å². The zero-order valence-corrected chi connectivity index (χ0v) is 26.4. The maximum absolute atomic E-state index is 14.9. The molecule has 4 aromatic rings. The average Bonchev–Trinajstić information content (AvgIpc) is 3.02. The Morgan fingerprint density at radius 3 is 2.42 bits per heavy atom. The number of hydrogen-bond donors (Lipinski definition) is 2. The number of piperazine rings is 1. The topological polar surface area (TPSA) is 101 Å². The summed E-state index contributed by atoms with van der Waals surface area (Å²) in [6.07, 6.45) is 2.16. The summed E-state index contributed by atoms with van der Waals surface area (Å²) in [5.41, 5.74) is 0.613. The Balaban J connectivity index is 1.29. The molecule has 1 fully saturated rings. The van der Waals surface area contributed by atoms with Crippen molar-refractivity contribution >= 4 is 46.4 Å². The van der Waals surface area contributed by atoms with Gasteiger partial charge in [-0.3, -0.25) is 4.79 Å². The minimum Gasteiger partial charge on any atom is -0.493 e. The largest absolute Gasteiger partial charge is 0.493 e. The monoisotopic (exact) mass is 654 g/mol. The number of halogens is 3. The summed E-state index contributed by atoms with van der Waals surface area (Å²) in [6.45, 7) is 5.49. The highest BCUT2D eigenvalue weighted by Gasteiger charge is 2.20. The highest BCUT2D eigenvalue weighted by Crippen LogP contribution is 2.35. The number of anilines is 3. The molecule has 0 atom stereocenters. The number of ether oxygens (including phenoxy) is 3. The summed E-state index contributed by atoms with van der Waals surface area (Å²) in [5.74, 6) is -0.0690. The molecule has 45 heavy (non-hydrogen) atoms. The second-order valence-electron chi connectivity index (χ2n) is 10.3. The van der Waals surface area contributed by atoms with Crippen molar-refractivity contribution in [2.24, 2.45) is 0 Å². The van der Waals surface area contributed by atoms with Crippen LogP contribution in [0.1, 0.15) is 16.8 Å². The van der Waals surface area contributed by atoms with Crippen LogP contribution in [0.2, 0.25) is 10.0 Å². The number of likely N-dealkylation sites (N-methyl/N-ethyl adjacent to an activating group) is 1. The molecule has 0 spiro atoms. The number of para-hydroxylation sites is 2. The Hall–Kier alpha value is -4.16. The first kappa shape index (κ1) is 32.2. The number of methoxy groups -OCH3 is 1. The molecule has 3 aromatic carbocycles. The van der Waals surface area contributed by atoms with Crippen LogP contribution >= 0.6 is 23.2 Å². The highest BCUT2D eigenvalue weighted by atomic mass is 35.5. The summed E-state index contributed by atoms with van der Waals surface area (Å²) < 4.78 is 32.1. The number of carbonyl (C=O) groups excluding carboxylic acids is 1. The third-order valence-electron chi connectivity index (χ3n) is 7.13. The molecule has 1 aliphatic heterocycles. The van der Waals surface area contributed by atoms with Crippen LogP contribution in [0.3, 0.4) is 0 Å². The Morgan fingerprint density at radius 1 is 0.978 bits per heavy atom. The maximum atomic E-state index is 14.9. The van der Waals surface area contributed by atoms with E-state index in [-0.39, 0.29) is 38.9 Å². The van der Waals surface area contributed by atoms with Crippen LogP contribution in [-0.2, 0) is 0 Å². The molecule has 1 amide bonds. The number of carbonyl (C=O) groups is 1. The van der Waals surface area contributed by atoms with Crippen molar-refractivity contribution in [3.63, 3.8) is 0 Å². The van der Waals surface area contributed by atoms with E-state index in [9.17, 15) is 9.18 Å². The Morgan fingerprint density at radius 2 is 1.71 bits per heavy atom. The SMILES string of the molecule is COc1ccccc1Oc1nc(Nc2ccc(OCCCN3CCN(C)CC3)c(F)c2)ncc1NC(=O)c1c(Cl)cccc1Cl. The molecule has 2 heterocycles. The third-order valence-corrected chi connectivity index (χ3v) is 7.76. The fourth-order valence-corrected chi connectivity index (χ4v) is 5.23. The van der Waals surface area contributed by atoms with Gasteiger partial charge in [0.25, 0.3) is 5.91 Å². The summed E-state index contributed by atoms with van der Waals surface area (Å²) >= 11 is 12.5. The fraction of sp³-hybridized carbons (Fsp3) is 0.281. The van der Waals surface area contributed by atoms with Gasteiger partial charge in [0.1, 0.15) is 5.69 Å². The van der Waals surface area contributed by atoms with Gasteiger partial charge in [0.05, 0.1) is 35.5 Å². The van der Waals surface area contributed by atoms with Crippen LogP contribution in [0.25, 0.3) is 0 Å². The molecule has 5 rings (SSSR count). The summed E-state index contributed by atoms with van der Waals surface area (Å²) in [7, 11) is 3.63. The van der Waals surface area contributed by atoms with Gasteiger partial charge in [0, 0.05) is 44.5 Å². The van der Waals surface area contributed by atoms with Crippen molar-refractivity contribution in [1.29, 1.82) is 0 Å². The van der Waals surface area contributed by atoms with Crippen LogP contribution in [0.4, 0.5) is 21.7 Å². The van der Waals surface area contributed by atoms with E-state index in [0.717, 1.165) is 39.1 Å². The van der Waals surface area contributed by atoms with Gasteiger partial charge in [-0.05, 0) is 49.9 Å². The summed E-state index contributed by atoms with van der Waals surface area (Å²) in [6, 6.07) is 16.2. The van der Waals surface area contributed by atoms with Crippen LogP contribution in [0.15, 0.2) is 66.9 Å². The van der Waals surface area contributed by atoms with E-state index in [2.05, 4.69) is 37.4 Å². The molecule has 0 aliphatic carbocycles. The lowest BCUT2D eigenvalue weighted by molar-refractivity contribution is 0.102. The van der Waals surface area contributed by atoms with Crippen LogP contribution in [0, 0.1) is 5.82 Å². The van der Waals surface area contributed by atoms with Crippen LogP contribution in [-0.4, -0.2) is 79.2 Å². The van der Waals surface area contributed by atoms with Gasteiger partial charge < -0.3 is 34.6 Å². The Bertz CT molecular complexity index is 1620. The van der Waals surface area contributed by atoms with E-state index in [1.807, 2.05) is 0 Å². The summed E-state index contributed by atoms with van der Waals surface area (Å²) in [5, 5.41) is 6.04. The lowest BCUT2D eigenvalue weighted by Gasteiger charge is -2.32. The van der Waals surface area contributed by atoms with Crippen molar-refractivity contribution in [3.05, 3.63) is 88.3 Å². The average molecular weight is 656 g/mol. The van der Waals surface area contributed by atoms with Crippen molar-refractivity contribution in [3.8, 4) is 23.1 Å². The Kier molecular flexibility index (Phi) is 10.9. The quantitative estimate of drug-likeness (QED) is 0.161. The van der Waals surface area contributed by atoms with Crippen molar-refractivity contribution in [2.75, 3.05) is 64.1 Å². The summed E-state index contributed by atoms with van der Waals surface area (Å²) in [4.78, 5) is 26.6. The van der Waals surface area contributed by atoms with Crippen molar-refractivity contribution < 1.29 is 23.4 Å². The number of hydrogen-bond acceptors (Lipinski definition) is 9. The maximum Gasteiger partial charge on any atom is 0.258 e. The predicted octanol–water partition coefficient (Wildman–Crippen LogP) is 6.74. The first-order valence-corrected chi connectivity index (χ1v) is 15.1. The van der Waals surface area contributed by atoms with E-state index in [1.54, 1.807) is 54.6 Å². The fourth-order valence-electron chi connectivity index (χ4n) is 4.66. The smallest absolute Gasteiger partial charge is 0.258 e. The van der Waals surface area contributed by atoms with E-state index in [1.165, 1.54) is 19.4 Å². The van der Waals surface area contributed by atoms with E-state index in [0.29, 0.717) is 23.8 Å². The molecule has 0 radical (unpaired) electrons. The van der Waals surface area contributed by atoms with E-state index < -0.39 is 11.7 Å². The van der Waals surface area contributed by atoms with E-state index >= 15 is 0 Å². The first-order valence-electron chi connectivity index (χ1n) is 14.3. The molecule has 236 valence electrons. The van der Waals surface area contributed by atoms with Gasteiger partial charge in [-0.1, -0.05) is 41.4 Å². The molecular weight excluding hydrogens is 622 g/mol. The van der Waals surface area contributed by atoms with Gasteiger partial charge in [-0.2, -0.15) is 4.98 Å². The molecule has 10 nitrogen and oxygen atoms in total. The molecule has 1 aliphatic rings. The number of amides is 1. The number of nitrogens with zero attached hydrogens (tertiary/aromatic N) is 4. The lowest BCUT2D eigenvalue weighted by atomic mass is 10.2. The van der Waals surface area contributed by atoms with Gasteiger partial charge in [-0.25, -0.2) is 9.37 Å². The molecule has 1 saturated heterocycles. The Labute approximate surface area is 271 Å². The van der Waals surface area contributed by atoms with Gasteiger partial charge in [0.15, 0.2) is 23.1 Å². The molecule has 13 heteroatoms. The number of rotatable bonds is 12. The molecule has 0 bridgehead atoms. The molecule has 0 saturated carbocycles. The molecule has 0 unspecified atom stereocenters. The zero-order chi connectivity index (χ0) is 31.8. The zero-order valence-electron chi connectivity index (χ0n) is 24.9. The predicted molar refractivity (Wildman–Crippen MR) is 173 cm³/mol. The molecule has 2 N–H and O–H groups in total. The standard InChI is InChI=1S/C32H33Cl2FN6O4/c1-40-14-16-41(17-15-40)13-6-18-44-26-12-11-21(19-24(26)35)37-32-36-20-25(38-30(42)29-22(33)7-5-8-23(29)34)31(39-32)45-28-10-4-3-9-27(28)43-2/h3-5,7-12,19-20H,6,13-18H2,1-2H3,(H,38,42)(H,36,37,39). The molecule has 1 aromatic heterocycles. The number of aromatic nitrogens is 2. The lowest BCUT2D eigenvalue weighted by Crippen LogP contribution is -2.44. The van der Waals surface area contributed by atoms with Crippen molar-refractivity contribution in [1.82, 2.24) is 19.8 Å². The van der Waals surface area contributed by atoms with E-state index in [4.69, 9.17) is 37.4 Å². The van der Waals surface area contributed by atoms with Gasteiger partial charge >= 0.3 is 0 Å². The second kappa shape index (κ2) is 15.2. The van der Waals surface area contributed by atoms with Crippen LogP contribution in [0.5, 0.6) is 23.1 Å². The highest BCUT2D eigenvalue weighted by molar-refractivity contribution is 6.40. The van der Waals surface area contributed by atoms with Gasteiger partial charge in [0.2, 0.25) is 11.8 Å². The van der Waals surface area contributed by atoms with Crippen molar-refractivity contribution in [2.45, 2.75) is 6.42 Å². The number of benzene rings is 3. The number of nitrogens with one attached hydrogen (secondary N) is 2.